The molecule has 33 heavy (non-hydrogen) atoms. The second kappa shape index (κ2) is 7.77. The van der Waals surface area contributed by atoms with Crippen molar-refractivity contribution in [2.24, 2.45) is 0 Å². The second-order valence-corrected chi connectivity index (χ2v) is 8.56. The summed E-state index contributed by atoms with van der Waals surface area (Å²) in [4.78, 5) is 56.5. The van der Waals surface area contributed by atoms with Crippen molar-refractivity contribution in [1.29, 1.82) is 0 Å². The highest BCUT2D eigenvalue weighted by molar-refractivity contribution is 6.11. The van der Waals surface area contributed by atoms with Crippen LogP contribution in [0.25, 0.3) is 10.9 Å². The van der Waals surface area contributed by atoms with E-state index < -0.39 is 47.5 Å². The van der Waals surface area contributed by atoms with Gasteiger partial charge in [-0.3, -0.25) is 9.59 Å². The number of benzene rings is 1. The van der Waals surface area contributed by atoms with E-state index in [2.05, 4.69) is 10.3 Å². The van der Waals surface area contributed by atoms with Crippen LogP contribution in [0.3, 0.4) is 0 Å². The van der Waals surface area contributed by atoms with Gasteiger partial charge in [0.05, 0.1) is 18.9 Å². The summed E-state index contributed by atoms with van der Waals surface area (Å²) >= 11 is 0. The summed E-state index contributed by atoms with van der Waals surface area (Å²) in [5, 5.41) is 22.0. The zero-order chi connectivity index (χ0) is 24.2. The van der Waals surface area contributed by atoms with Crippen LogP contribution >= 0.6 is 0 Å². The molecule has 1 unspecified atom stereocenters. The van der Waals surface area contributed by atoms with Gasteiger partial charge in [0.15, 0.2) is 11.6 Å². The zero-order valence-electron chi connectivity index (χ0n) is 18.7. The van der Waals surface area contributed by atoms with Crippen molar-refractivity contribution in [1.82, 2.24) is 20.1 Å². The summed E-state index contributed by atoms with van der Waals surface area (Å²) < 4.78 is 5.32. The van der Waals surface area contributed by atoms with Gasteiger partial charge in [0.2, 0.25) is 5.91 Å². The normalized spacial score (nSPS) is 22.6. The molecular formula is C22H26N4O7. The van der Waals surface area contributed by atoms with Crippen molar-refractivity contribution in [3.05, 3.63) is 29.5 Å². The molecule has 0 bridgehead atoms. The Morgan fingerprint density at radius 2 is 1.97 bits per heavy atom. The maximum atomic E-state index is 13.6. The molecule has 11 nitrogen and oxygen atoms in total. The van der Waals surface area contributed by atoms with Crippen molar-refractivity contribution in [3.8, 4) is 5.75 Å². The summed E-state index contributed by atoms with van der Waals surface area (Å²) in [6.45, 7) is 4.49. The van der Waals surface area contributed by atoms with Gasteiger partial charge in [-0.1, -0.05) is 0 Å². The molecule has 0 saturated carbocycles. The number of nitrogens with one attached hydrogen (secondary N) is 2. The number of urea groups is 1. The third-order valence-electron chi connectivity index (χ3n) is 6.61. The molecule has 11 heteroatoms. The van der Waals surface area contributed by atoms with Crippen LogP contribution in [-0.4, -0.2) is 80.7 Å². The molecule has 0 radical (unpaired) electrons. The number of carboxylic acid groups (broad SMARTS) is 1. The van der Waals surface area contributed by atoms with Crippen LogP contribution in [0.4, 0.5) is 4.79 Å². The highest BCUT2D eigenvalue weighted by Gasteiger charge is 2.60. The average Bonchev–Trinajstić information content (AvgIpc) is 3.24. The number of aliphatic hydroxyl groups excluding tert-OH is 1. The number of aliphatic carboxylic acids is 1. The Labute approximate surface area is 189 Å². The summed E-state index contributed by atoms with van der Waals surface area (Å²) in [5.74, 6) is -2.19. The molecule has 1 fully saturated rings. The van der Waals surface area contributed by atoms with E-state index >= 15 is 0 Å². The van der Waals surface area contributed by atoms with Crippen LogP contribution in [0.5, 0.6) is 5.75 Å². The van der Waals surface area contributed by atoms with Crippen molar-refractivity contribution in [2.75, 3.05) is 13.7 Å². The molecule has 176 valence electrons. The molecule has 4 amide bonds. The molecule has 4 atom stereocenters. The lowest BCUT2D eigenvalue weighted by atomic mass is 9.87. The van der Waals surface area contributed by atoms with Crippen molar-refractivity contribution in [3.63, 3.8) is 0 Å². The number of ether oxygens (including phenoxy) is 1. The van der Waals surface area contributed by atoms with E-state index in [1.807, 2.05) is 12.1 Å². The molecule has 0 aliphatic carbocycles. The number of aromatic amines is 1. The van der Waals surface area contributed by atoms with Gasteiger partial charge in [-0.2, -0.15) is 0 Å². The molecule has 1 aromatic heterocycles. The SMILES string of the molecule is COc1ccc2[nH]c3c(c2c1)CCN1C(=O)N([C@@H](C)C(=O)N[C@H](C(=O)O)C(C)O)C(=O)[C@]31C. The minimum absolute atomic E-state index is 0.272. The molecule has 3 heterocycles. The molecule has 1 saturated heterocycles. The summed E-state index contributed by atoms with van der Waals surface area (Å²) in [7, 11) is 1.57. The number of fused-ring (bicyclic) bond motifs is 5. The first kappa shape index (κ1) is 22.6. The van der Waals surface area contributed by atoms with E-state index in [0.717, 1.165) is 21.4 Å². The van der Waals surface area contributed by atoms with Crippen LogP contribution in [-0.2, 0) is 26.3 Å². The van der Waals surface area contributed by atoms with Gasteiger partial charge in [0, 0.05) is 17.4 Å². The lowest BCUT2D eigenvalue weighted by molar-refractivity contribution is -0.146. The predicted molar refractivity (Wildman–Crippen MR) is 116 cm³/mol. The molecule has 2 aliphatic rings. The van der Waals surface area contributed by atoms with E-state index in [9.17, 15) is 29.4 Å². The molecule has 0 spiro atoms. The number of hydrogen-bond donors (Lipinski definition) is 4. The Hall–Kier alpha value is -3.60. The number of rotatable bonds is 6. The van der Waals surface area contributed by atoms with E-state index in [0.29, 0.717) is 17.9 Å². The van der Waals surface area contributed by atoms with E-state index in [1.54, 1.807) is 20.1 Å². The first-order valence-corrected chi connectivity index (χ1v) is 10.6. The highest BCUT2D eigenvalue weighted by Crippen LogP contribution is 2.45. The number of amides is 4. The fraction of sp³-hybridized carbons (Fsp3) is 0.455. The Bertz CT molecular complexity index is 1170. The molecular weight excluding hydrogens is 432 g/mol. The predicted octanol–water partition coefficient (Wildman–Crippen LogP) is 0.551. The topological polar surface area (TPSA) is 152 Å². The van der Waals surface area contributed by atoms with Crippen molar-refractivity contribution < 1.29 is 34.1 Å². The third-order valence-corrected chi connectivity index (χ3v) is 6.61. The van der Waals surface area contributed by atoms with Crippen LogP contribution in [0.2, 0.25) is 0 Å². The van der Waals surface area contributed by atoms with Crippen LogP contribution < -0.4 is 10.1 Å². The Morgan fingerprint density at radius 1 is 1.27 bits per heavy atom. The number of imide groups is 1. The highest BCUT2D eigenvalue weighted by atomic mass is 16.5. The van der Waals surface area contributed by atoms with E-state index in [1.165, 1.54) is 18.7 Å². The fourth-order valence-corrected chi connectivity index (χ4v) is 4.69. The third kappa shape index (κ3) is 3.22. The number of hydrogen-bond acceptors (Lipinski definition) is 6. The number of carbonyl (C=O) groups is 4. The number of carbonyl (C=O) groups excluding carboxylic acids is 3. The first-order chi connectivity index (χ1) is 15.5. The summed E-state index contributed by atoms with van der Waals surface area (Å²) in [6.07, 6.45) is -0.854. The minimum Gasteiger partial charge on any atom is -0.497 e. The van der Waals surface area contributed by atoms with Gasteiger partial charge in [-0.25, -0.2) is 14.5 Å². The van der Waals surface area contributed by atoms with E-state index in [4.69, 9.17) is 4.74 Å². The summed E-state index contributed by atoms with van der Waals surface area (Å²) in [6, 6.07) is 2.04. The van der Waals surface area contributed by atoms with Gasteiger partial charge >= 0.3 is 12.0 Å². The number of aliphatic hydroxyl groups is 1. The number of carboxylic acids is 1. The van der Waals surface area contributed by atoms with Crippen molar-refractivity contribution in [2.45, 2.75) is 50.9 Å². The zero-order valence-corrected chi connectivity index (χ0v) is 18.7. The number of methoxy groups -OCH3 is 1. The number of aromatic nitrogens is 1. The molecule has 1 aromatic carbocycles. The fourth-order valence-electron chi connectivity index (χ4n) is 4.69. The maximum absolute atomic E-state index is 13.6. The first-order valence-electron chi connectivity index (χ1n) is 10.6. The van der Waals surface area contributed by atoms with Crippen molar-refractivity contribution >= 4 is 34.7 Å². The van der Waals surface area contributed by atoms with Gasteiger partial charge < -0.3 is 30.2 Å². The number of nitrogens with zero attached hydrogens (tertiary/aromatic N) is 2. The lowest BCUT2D eigenvalue weighted by Crippen LogP contribution is -2.55. The van der Waals surface area contributed by atoms with Gasteiger partial charge in [-0.05, 0) is 51.0 Å². The Kier molecular flexibility index (Phi) is 5.32. The molecule has 2 aliphatic heterocycles. The largest absolute Gasteiger partial charge is 0.497 e. The Balaban J connectivity index is 1.70. The monoisotopic (exact) mass is 458 g/mol. The summed E-state index contributed by atoms with van der Waals surface area (Å²) in [5.41, 5.74) is 0.942. The lowest BCUT2D eigenvalue weighted by Gasteiger charge is -2.36. The minimum atomic E-state index is -1.57. The van der Waals surface area contributed by atoms with Gasteiger partial charge in [0.1, 0.15) is 11.8 Å². The van der Waals surface area contributed by atoms with Crippen LogP contribution in [0.15, 0.2) is 18.2 Å². The molecule has 2 aromatic rings. The van der Waals surface area contributed by atoms with E-state index in [-0.39, 0.29) is 6.54 Å². The maximum Gasteiger partial charge on any atom is 0.328 e. The van der Waals surface area contributed by atoms with Crippen LogP contribution in [0, 0.1) is 0 Å². The second-order valence-electron chi connectivity index (χ2n) is 8.56. The van der Waals surface area contributed by atoms with Gasteiger partial charge in [-0.15, -0.1) is 0 Å². The standard InChI is InChI=1S/C22H26N4O7/c1-10(18(28)24-16(11(2)27)19(29)30)26-20(31)22(3)17-13(7-8-25(22)21(26)32)14-9-12(33-4)5-6-15(14)23-17/h5-6,9-11,16,23,27H,7-8H2,1-4H3,(H,24,28)(H,29,30)/t10-,11?,16-,22-/m0/s1. The quantitative estimate of drug-likeness (QED) is 0.461. The van der Waals surface area contributed by atoms with Gasteiger partial charge in [0.25, 0.3) is 5.91 Å². The number of H-pyrrole nitrogens is 1. The molecule has 4 rings (SSSR count). The Morgan fingerprint density at radius 3 is 2.58 bits per heavy atom. The molecule has 4 N–H and O–H groups in total. The van der Waals surface area contributed by atoms with Crippen LogP contribution in [0.1, 0.15) is 32.0 Å². The average molecular weight is 458 g/mol. The smallest absolute Gasteiger partial charge is 0.328 e.